The molecule has 0 aromatic carbocycles. The maximum atomic E-state index is 13.7. The van der Waals surface area contributed by atoms with Gasteiger partial charge in [-0.1, -0.05) is 27.7 Å². The van der Waals surface area contributed by atoms with Crippen molar-refractivity contribution < 1.29 is 73.2 Å². The highest BCUT2D eigenvalue weighted by Crippen LogP contribution is 2.09. The van der Waals surface area contributed by atoms with Gasteiger partial charge in [0.25, 0.3) is 0 Å². The second-order valence-electron chi connectivity index (χ2n) is 15.5. The minimum Gasteiger partial charge on any atom is -0.481 e. The average Bonchev–Trinajstić information content (AvgIpc) is 3.20. The summed E-state index contributed by atoms with van der Waals surface area (Å²) in [6, 6.07) is -12.5. The van der Waals surface area contributed by atoms with Crippen LogP contribution in [0.3, 0.4) is 0 Å². The van der Waals surface area contributed by atoms with Crippen LogP contribution in [0.5, 0.6) is 0 Å². The van der Waals surface area contributed by atoms with Crippen LogP contribution in [0.1, 0.15) is 79.1 Å². The molecule has 0 fully saturated rings. The summed E-state index contributed by atoms with van der Waals surface area (Å²) in [5, 5.41) is 53.1. The number of thiol groups is 1. The van der Waals surface area contributed by atoms with E-state index in [0.717, 1.165) is 0 Å². The number of aliphatic hydroxyl groups excluding tert-OH is 1. The van der Waals surface area contributed by atoms with Crippen molar-refractivity contribution in [2.45, 2.75) is 127 Å². The van der Waals surface area contributed by atoms with E-state index in [-0.39, 0.29) is 37.7 Å². The number of amides is 8. The number of hydrogen-bond acceptors (Lipinski definition) is 15. The third-order valence-electron chi connectivity index (χ3n) is 9.10. The van der Waals surface area contributed by atoms with Gasteiger partial charge >= 0.3 is 17.9 Å². The number of aliphatic hydroxyl groups is 1. The molecule has 19 N–H and O–H groups in total. The summed E-state index contributed by atoms with van der Waals surface area (Å²) in [5.41, 5.74) is 22.1. The van der Waals surface area contributed by atoms with Crippen LogP contribution in [0.25, 0.3) is 0 Å². The molecule has 0 aromatic heterocycles. The topological polar surface area (TPSA) is 469 Å². The number of aliphatic carboxylic acids is 3. The Morgan fingerprint density at radius 3 is 1.38 bits per heavy atom. The fourth-order valence-corrected chi connectivity index (χ4v) is 5.93. The van der Waals surface area contributed by atoms with Gasteiger partial charge in [0.05, 0.1) is 19.1 Å². The molecule has 0 radical (unpaired) electrons. The molecule has 0 aliphatic heterocycles. The Balaban J connectivity index is 6.53. The van der Waals surface area contributed by atoms with Crippen molar-refractivity contribution in [3.8, 4) is 0 Å². The van der Waals surface area contributed by atoms with E-state index >= 15 is 0 Å². The molecule has 0 aliphatic rings. The summed E-state index contributed by atoms with van der Waals surface area (Å²) >= 11 is 4.06. The quantitative estimate of drug-likeness (QED) is 0.0129. The SMILES string of the molecule is CC(C)C[C@H](N)C(=O)N[C@@H](CCCN=C(N)N)C(=O)N[C@@H](CCC(=O)O)C(=O)N[C@@H](CC(N)=O)C(=O)N[C@@H](CCC(=O)O)C(=O)N[C@@H](CS)C(=O)N[C@H](C(=O)N[C@@H](CO)C(=O)O)C(C)C. The molecular formula is C37H64N12O15S. The van der Waals surface area contributed by atoms with E-state index in [1.807, 2.05) is 13.8 Å². The second-order valence-corrected chi connectivity index (χ2v) is 15.9. The number of guanidine groups is 1. The molecular weight excluding hydrogens is 885 g/mol. The Morgan fingerprint density at radius 2 is 0.985 bits per heavy atom. The molecule has 27 nitrogen and oxygen atoms in total. The number of carbonyl (C=O) groups excluding carboxylic acids is 8. The minimum absolute atomic E-state index is 0.00160. The summed E-state index contributed by atoms with van der Waals surface area (Å²) in [6.07, 6.45) is -3.33. The highest BCUT2D eigenvalue weighted by atomic mass is 32.1. The molecule has 368 valence electrons. The standard InChI is InChI=1S/C37H64N12O15S/c1-16(2)12-18(38)29(56)43-19(6-5-11-42-37(40)41)30(57)44-20(7-9-26(52)53)31(58)46-22(13-25(39)51)33(60)45-21(8-10-27(54)55)32(59)48-24(15-65)34(61)49-28(17(3)4)35(62)47-23(14-50)36(63)64/h16-24,28,50,65H,5-15,38H2,1-4H3,(H2,39,51)(H,43,56)(H,44,57)(H,45,60)(H,46,58)(H,47,62)(H,48,59)(H,49,61)(H,52,53)(H,54,55)(H,63,64)(H4,40,41,42)/t18-,19-,20-,21-,22-,23-,24-,28-/m0/s1. The number of rotatable bonds is 32. The zero-order chi connectivity index (χ0) is 50.1. The Morgan fingerprint density at radius 1 is 0.569 bits per heavy atom. The number of aliphatic imine (C=N–C) groups is 1. The van der Waals surface area contributed by atoms with Gasteiger partial charge in [0.2, 0.25) is 47.3 Å². The molecule has 0 spiro atoms. The van der Waals surface area contributed by atoms with Crippen LogP contribution >= 0.6 is 12.6 Å². The van der Waals surface area contributed by atoms with E-state index in [1.165, 1.54) is 13.8 Å². The van der Waals surface area contributed by atoms with E-state index < -0.39 is 164 Å². The zero-order valence-electron chi connectivity index (χ0n) is 36.5. The predicted molar refractivity (Wildman–Crippen MR) is 232 cm³/mol. The van der Waals surface area contributed by atoms with Crippen LogP contribution in [0.15, 0.2) is 4.99 Å². The second kappa shape index (κ2) is 30.0. The van der Waals surface area contributed by atoms with Crippen molar-refractivity contribution in [2.24, 2.45) is 39.8 Å². The summed E-state index contributed by atoms with van der Waals surface area (Å²) in [6.45, 7) is 5.68. The van der Waals surface area contributed by atoms with Crippen molar-refractivity contribution in [1.82, 2.24) is 37.2 Å². The molecule has 28 heteroatoms. The van der Waals surface area contributed by atoms with Gasteiger partial charge in [0.1, 0.15) is 42.3 Å². The number of carboxylic acids is 3. The first kappa shape index (κ1) is 58.7. The maximum absolute atomic E-state index is 13.7. The van der Waals surface area contributed by atoms with Gasteiger partial charge < -0.3 is 80.6 Å². The van der Waals surface area contributed by atoms with Crippen LogP contribution in [0, 0.1) is 11.8 Å². The predicted octanol–water partition coefficient (Wildman–Crippen LogP) is -5.93. The normalized spacial score (nSPS) is 14.7. The molecule has 0 aromatic rings. The van der Waals surface area contributed by atoms with E-state index in [2.05, 4.69) is 54.8 Å². The minimum atomic E-state index is -1.93. The highest BCUT2D eigenvalue weighted by Gasteiger charge is 2.35. The number of nitrogens with one attached hydrogen (secondary N) is 7. The number of primary amides is 1. The average molecular weight is 949 g/mol. The van der Waals surface area contributed by atoms with Crippen molar-refractivity contribution in [2.75, 3.05) is 18.9 Å². The Labute approximate surface area is 379 Å². The monoisotopic (exact) mass is 948 g/mol. The number of nitrogens with zero attached hydrogens (tertiary/aromatic N) is 1. The van der Waals surface area contributed by atoms with Crippen molar-refractivity contribution in [3.05, 3.63) is 0 Å². The first-order chi connectivity index (χ1) is 30.2. The lowest BCUT2D eigenvalue weighted by molar-refractivity contribution is -0.144. The Hall–Kier alpha value is -6.29. The first-order valence-electron chi connectivity index (χ1n) is 20.3. The van der Waals surface area contributed by atoms with Gasteiger partial charge in [-0.15, -0.1) is 0 Å². The van der Waals surface area contributed by atoms with Crippen molar-refractivity contribution >= 4 is 83.8 Å². The molecule has 8 amide bonds. The summed E-state index contributed by atoms with van der Waals surface area (Å²) in [4.78, 5) is 144. The van der Waals surface area contributed by atoms with Gasteiger partial charge in [-0.3, -0.25) is 52.9 Å². The molecule has 0 aliphatic carbocycles. The van der Waals surface area contributed by atoms with Crippen LogP contribution in [-0.2, 0) is 52.7 Å². The summed E-state index contributed by atoms with van der Waals surface area (Å²) < 4.78 is 0. The van der Waals surface area contributed by atoms with Crippen LogP contribution in [0.2, 0.25) is 0 Å². The lowest BCUT2D eigenvalue weighted by atomic mass is 10.0. The first-order valence-corrected chi connectivity index (χ1v) is 21.0. The largest absolute Gasteiger partial charge is 0.481 e. The molecule has 0 saturated heterocycles. The Bertz CT molecular complexity index is 1730. The lowest BCUT2D eigenvalue weighted by Gasteiger charge is -2.28. The number of carboxylic acid groups (broad SMARTS) is 3. The van der Waals surface area contributed by atoms with Gasteiger partial charge in [-0.25, -0.2) is 4.79 Å². The number of carbonyl (C=O) groups is 11. The van der Waals surface area contributed by atoms with Gasteiger partial charge in [0.15, 0.2) is 5.96 Å². The lowest BCUT2D eigenvalue weighted by Crippen LogP contribution is -2.61. The molecule has 0 bridgehead atoms. The smallest absolute Gasteiger partial charge is 0.328 e. The number of hydrogen-bond donors (Lipinski definition) is 16. The van der Waals surface area contributed by atoms with Crippen LogP contribution < -0.4 is 60.2 Å². The van der Waals surface area contributed by atoms with Crippen LogP contribution in [-0.4, -0.2) is 159 Å². The summed E-state index contributed by atoms with van der Waals surface area (Å²) in [7, 11) is 0. The number of nitrogens with two attached hydrogens (primary N) is 4. The fraction of sp³-hybridized carbons (Fsp3) is 0.676. The molecule has 0 heterocycles. The fourth-order valence-electron chi connectivity index (χ4n) is 5.67. The van der Waals surface area contributed by atoms with E-state index in [1.54, 1.807) is 0 Å². The third-order valence-corrected chi connectivity index (χ3v) is 9.46. The maximum Gasteiger partial charge on any atom is 0.328 e. The van der Waals surface area contributed by atoms with Gasteiger partial charge in [-0.05, 0) is 43.9 Å². The molecule has 8 atom stereocenters. The van der Waals surface area contributed by atoms with Crippen LogP contribution in [0.4, 0.5) is 0 Å². The zero-order valence-corrected chi connectivity index (χ0v) is 37.4. The van der Waals surface area contributed by atoms with E-state index in [9.17, 15) is 73.2 Å². The van der Waals surface area contributed by atoms with Crippen molar-refractivity contribution in [3.63, 3.8) is 0 Å². The Kier molecular flexibility index (Phi) is 27.1. The molecule has 0 saturated carbocycles. The van der Waals surface area contributed by atoms with Gasteiger partial charge in [-0.2, -0.15) is 12.6 Å². The molecule has 0 unspecified atom stereocenters. The van der Waals surface area contributed by atoms with Crippen molar-refractivity contribution in [1.29, 1.82) is 0 Å². The third kappa shape index (κ3) is 23.8. The van der Waals surface area contributed by atoms with E-state index in [0.29, 0.717) is 0 Å². The molecule has 0 rings (SSSR count). The van der Waals surface area contributed by atoms with Gasteiger partial charge in [0, 0.05) is 25.1 Å². The van der Waals surface area contributed by atoms with E-state index in [4.69, 9.17) is 22.9 Å². The highest BCUT2D eigenvalue weighted by molar-refractivity contribution is 7.80. The molecule has 65 heavy (non-hydrogen) atoms. The summed E-state index contributed by atoms with van der Waals surface area (Å²) in [5.74, 6) is -14.3.